The van der Waals surface area contributed by atoms with Crippen LogP contribution in [0.3, 0.4) is 0 Å². The van der Waals surface area contributed by atoms with Gasteiger partial charge in [0.25, 0.3) is 5.56 Å². The van der Waals surface area contributed by atoms with Gasteiger partial charge >= 0.3 is 0 Å². The highest BCUT2D eigenvalue weighted by molar-refractivity contribution is 7.18. The molecule has 0 aliphatic heterocycles. The summed E-state index contributed by atoms with van der Waals surface area (Å²) in [5, 5.41) is 15.0. The second-order valence-electron chi connectivity index (χ2n) is 7.49. The average molecular weight is 423 g/mol. The molecule has 3 heterocycles. The highest BCUT2D eigenvalue weighted by Gasteiger charge is 2.16. The maximum absolute atomic E-state index is 12.6. The topological polar surface area (TPSA) is 105 Å². The molecule has 1 amide bonds. The van der Waals surface area contributed by atoms with E-state index in [2.05, 4.69) is 51.6 Å². The van der Waals surface area contributed by atoms with Crippen LogP contribution in [0.2, 0.25) is 0 Å². The minimum Gasteiger partial charge on any atom is -0.300 e. The minimum absolute atomic E-state index is 0.124. The van der Waals surface area contributed by atoms with Crippen molar-refractivity contribution >= 4 is 28.0 Å². The molecule has 0 atom stereocenters. The number of benzene rings is 1. The number of anilines is 1. The summed E-state index contributed by atoms with van der Waals surface area (Å²) < 4.78 is 1.60. The Labute approximate surface area is 177 Å². The third-order valence-electron chi connectivity index (χ3n) is 5.04. The van der Waals surface area contributed by atoms with Crippen LogP contribution in [0.1, 0.15) is 42.3 Å². The molecule has 3 aromatic heterocycles. The fourth-order valence-corrected chi connectivity index (χ4v) is 4.10. The van der Waals surface area contributed by atoms with Crippen molar-refractivity contribution in [3.63, 3.8) is 0 Å². The summed E-state index contributed by atoms with van der Waals surface area (Å²) in [4.78, 5) is 28.6. The lowest BCUT2D eigenvalue weighted by Crippen LogP contribution is -2.17. The van der Waals surface area contributed by atoms with Crippen molar-refractivity contribution in [2.45, 2.75) is 40.0 Å². The van der Waals surface area contributed by atoms with Gasteiger partial charge in [0, 0.05) is 28.6 Å². The van der Waals surface area contributed by atoms with E-state index in [4.69, 9.17) is 0 Å². The minimum atomic E-state index is -0.227. The Bertz CT molecular complexity index is 1280. The molecule has 0 aliphatic carbocycles. The van der Waals surface area contributed by atoms with Gasteiger partial charge in [-0.15, -0.1) is 10.2 Å². The van der Waals surface area contributed by atoms with Crippen molar-refractivity contribution in [2.24, 2.45) is 0 Å². The molecule has 4 aromatic rings. The SMILES string of the molecule is Cc1nc2cc(=O)[nH]n2c(C)c1CC(=O)Nc1nnc(-c2ccc(C(C)C)cc2)s1. The number of carbonyl (C=O) groups excluding carboxylic acids is 1. The molecular formula is C21H22N6O2S. The molecule has 0 unspecified atom stereocenters. The summed E-state index contributed by atoms with van der Waals surface area (Å²) in [6.07, 6.45) is 0.124. The Kier molecular flexibility index (Phi) is 5.21. The van der Waals surface area contributed by atoms with Gasteiger partial charge in [-0.3, -0.25) is 14.7 Å². The molecule has 0 fully saturated rings. The molecule has 154 valence electrons. The number of nitrogens with zero attached hydrogens (tertiary/aromatic N) is 4. The monoisotopic (exact) mass is 422 g/mol. The van der Waals surface area contributed by atoms with Crippen LogP contribution < -0.4 is 10.9 Å². The quantitative estimate of drug-likeness (QED) is 0.512. The summed E-state index contributed by atoms with van der Waals surface area (Å²) in [6.45, 7) is 7.98. The van der Waals surface area contributed by atoms with E-state index in [-0.39, 0.29) is 17.9 Å². The predicted octanol–water partition coefficient (Wildman–Crippen LogP) is 3.46. The zero-order chi connectivity index (χ0) is 21.4. The largest absolute Gasteiger partial charge is 0.300 e. The van der Waals surface area contributed by atoms with E-state index >= 15 is 0 Å². The van der Waals surface area contributed by atoms with Crippen LogP contribution in [0, 0.1) is 13.8 Å². The Morgan fingerprint density at radius 2 is 1.93 bits per heavy atom. The van der Waals surface area contributed by atoms with Gasteiger partial charge in [-0.2, -0.15) is 0 Å². The first kappa shape index (κ1) is 20.0. The molecule has 2 N–H and O–H groups in total. The summed E-state index contributed by atoms with van der Waals surface area (Å²) in [5.74, 6) is 0.253. The van der Waals surface area contributed by atoms with Gasteiger partial charge in [0.1, 0.15) is 5.01 Å². The first-order valence-electron chi connectivity index (χ1n) is 9.63. The molecule has 0 spiro atoms. The Balaban J connectivity index is 1.50. The van der Waals surface area contributed by atoms with Gasteiger partial charge in [-0.1, -0.05) is 49.4 Å². The average Bonchev–Trinajstić information content (AvgIpc) is 3.31. The number of amides is 1. The number of H-pyrrole nitrogens is 1. The lowest BCUT2D eigenvalue weighted by atomic mass is 10.0. The van der Waals surface area contributed by atoms with Crippen LogP contribution in [0.5, 0.6) is 0 Å². The van der Waals surface area contributed by atoms with E-state index in [0.29, 0.717) is 22.4 Å². The van der Waals surface area contributed by atoms with Crippen LogP contribution in [-0.4, -0.2) is 30.7 Å². The molecule has 0 saturated heterocycles. The zero-order valence-corrected chi connectivity index (χ0v) is 18.0. The highest BCUT2D eigenvalue weighted by atomic mass is 32.1. The van der Waals surface area contributed by atoms with Crippen molar-refractivity contribution in [2.75, 3.05) is 5.32 Å². The second kappa shape index (κ2) is 7.83. The standard InChI is InChI=1S/C21H22N6O2S/c1-11(2)14-5-7-15(8-6-14)20-24-25-21(30-20)23-18(28)9-16-12(3)22-17-10-19(29)26-27(17)13(16)4/h5-8,10-11H,9H2,1-4H3,(H,26,29)(H,23,25,28). The third kappa shape index (κ3) is 3.88. The fourth-order valence-electron chi connectivity index (χ4n) is 3.34. The fraction of sp³-hybridized carbons (Fsp3) is 0.286. The van der Waals surface area contributed by atoms with E-state index in [1.54, 1.807) is 4.52 Å². The van der Waals surface area contributed by atoms with Gasteiger partial charge in [-0.05, 0) is 25.3 Å². The molecule has 0 bridgehead atoms. The van der Waals surface area contributed by atoms with E-state index in [1.165, 1.54) is 23.0 Å². The Hall–Kier alpha value is -3.33. The van der Waals surface area contributed by atoms with E-state index < -0.39 is 0 Å². The molecule has 0 aliphatic rings. The van der Waals surface area contributed by atoms with Gasteiger partial charge in [0.05, 0.1) is 6.42 Å². The summed E-state index contributed by atoms with van der Waals surface area (Å²) in [6, 6.07) is 9.64. The van der Waals surface area contributed by atoms with Crippen molar-refractivity contribution in [1.29, 1.82) is 0 Å². The maximum Gasteiger partial charge on any atom is 0.266 e. The number of hydrogen-bond donors (Lipinski definition) is 2. The number of aromatic amines is 1. The zero-order valence-electron chi connectivity index (χ0n) is 17.2. The van der Waals surface area contributed by atoms with Crippen LogP contribution in [0.15, 0.2) is 35.1 Å². The van der Waals surface area contributed by atoms with Crippen molar-refractivity contribution in [3.8, 4) is 10.6 Å². The van der Waals surface area contributed by atoms with Gasteiger partial charge in [-0.25, -0.2) is 9.50 Å². The lowest BCUT2D eigenvalue weighted by Gasteiger charge is -2.10. The Morgan fingerprint density at radius 3 is 2.63 bits per heavy atom. The normalized spacial score (nSPS) is 11.4. The van der Waals surface area contributed by atoms with Crippen LogP contribution in [0.4, 0.5) is 5.13 Å². The maximum atomic E-state index is 12.6. The number of aryl methyl sites for hydroxylation is 2. The molecule has 0 saturated carbocycles. The third-order valence-corrected chi connectivity index (χ3v) is 5.92. The van der Waals surface area contributed by atoms with Gasteiger partial charge in [0.15, 0.2) is 5.65 Å². The molecule has 9 heteroatoms. The van der Waals surface area contributed by atoms with E-state index in [9.17, 15) is 9.59 Å². The van der Waals surface area contributed by atoms with Gasteiger partial charge in [0.2, 0.25) is 11.0 Å². The number of aromatic nitrogens is 5. The number of rotatable bonds is 5. The number of hydrogen-bond acceptors (Lipinski definition) is 6. The summed E-state index contributed by atoms with van der Waals surface area (Å²) in [5.41, 5.74) is 4.79. The lowest BCUT2D eigenvalue weighted by molar-refractivity contribution is -0.115. The molecule has 0 radical (unpaired) electrons. The second-order valence-corrected chi connectivity index (χ2v) is 8.47. The van der Waals surface area contributed by atoms with Crippen LogP contribution in [-0.2, 0) is 11.2 Å². The first-order valence-corrected chi connectivity index (χ1v) is 10.4. The van der Waals surface area contributed by atoms with Crippen LogP contribution in [0.25, 0.3) is 16.2 Å². The molecular weight excluding hydrogens is 400 g/mol. The van der Waals surface area contributed by atoms with Crippen molar-refractivity contribution in [1.82, 2.24) is 24.8 Å². The molecule has 1 aromatic carbocycles. The van der Waals surface area contributed by atoms with E-state index in [1.807, 2.05) is 26.0 Å². The smallest absolute Gasteiger partial charge is 0.266 e. The van der Waals surface area contributed by atoms with Gasteiger partial charge < -0.3 is 5.32 Å². The van der Waals surface area contributed by atoms with Crippen LogP contribution >= 0.6 is 11.3 Å². The summed E-state index contributed by atoms with van der Waals surface area (Å²) in [7, 11) is 0. The first-order chi connectivity index (χ1) is 14.3. The number of nitrogens with one attached hydrogen (secondary N) is 2. The van der Waals surface area contributed by atoms with Crippen molar-refractivity contribution in [3.05, 3.63) is 63.2 Å². The number of carbonyl (C=O) groups is 1. The molecule has 8 nitrogen and oxygen atoms in total. The Morgan fingerprint density at radius 1 is 1.20 bits per heavy atom. The molecule has 4 rings (SSSR count). The summed E-state index contributed by atoms with van der Waals surface area (Å²) >= 11 is 1.33. The molecule has 30 heavy (non-hydrogen) atoms. The van der Waals surface area contributed by atoms with E-state index in [0.717, 1.165) is 21.8 Å². The van der Waals surface area contributed by atoms with Crippen molar-refractivity contribution < 1.29 is 4.79 Å². The predicted molar refractivity (Wildman–Crippen MR) is 117 cm³/mol. The highest BCUT2D eigenvalue weighted by Crippen LogP contribution is 2.28. The number of fused-ring (bicyclic) bond motifs is 1.